The van der Waals surface area contributed by atoms with Crippen molar-refractivity contribution in [3.05, 3.63) is 137 Å². The summed E-state index contributed by atoms with van der Waals surface area (Å²) in [4.78, 5) is 0. The normalized spacial score (nSPS) is 12.1. The Kier molecular flexibility index (Phi) is 16.8. The second-order valence-corrected chi connectivity index (χ2v) is 16.6. The van der Waals surface area contributed by atoms with Crippen molar-refractivity contribution in [2.45, 2.75) is 136 Å². The van der Waals surface area contributed by atoms with Crippen LogP contribution in [-0.4, -0.2) is 19.7 Å². The first-order chi connectivity index (χ1) is 24.6. The Labute approximate surface area is 312 Å². The average molecular weight is 689 g/mol. The molecule has 0 saturated heterocycles. The summed E-state index contributed by atoms with van der Waals surface area (Å²) in [5.74, 6) is 1.44. The molecule has 0 fully saturated rings. The maximum atomic E-state index is 6.06. The second kappa shape index (κ2) is 21.2. The molecule has 276 valence electrons. The number of hydrogen-bond acceptors (Lipinski definition) is 3. The van der Waals surface area contributed by atoms with Crippen LogP contribution in [0, 0.1) is 0 Å². The van der Waals surface area contributed by atoms with Gasteiger partial charge in [-0.1, -0.05) is 177 Å². The first-order valence-electron chi connectivity index (χ1n) is 20.0. The van der Waals surface area contributed by atoms with Crippen LogP contribution < -0.4 is 15.4 Å². The van der Waals surface area contributed by atoms with Gasteiger partial charge in [-0.25, -0.2) is 0 Å². The summed E-state index contributed by atoms with van der Waals surface area (Å²) >= 11 is 0. The van der Waals surface area contributed by atoms with Crippen LogP contribution in [0.3, 0.4) is 0 Å². The molecule has 0 aromatic heterocycles. The van der Waals surface area contributed by atoms with Crippen LogP contribution in [0.5, 0.6) is 5.75 Å². The van der Waals surface area contributed by atoms with Crippen LogP contribution in [0.15, 0.2) is 103 Å². The van der Waals surface area contributed by atoms with Gasteiger partial charge in [-0.15, -0.1) is 0 Å². The number of benzene rings is 4. The van der Waals surface area contributed by atoms with E-state index >= 15 is 0 Å². The van der Waals surface area contributed by atoms with E-state index in [1.54, 1.807) is 0 Å². The van der Waals surface area contributed by atoms with Crippen molar-refractivity contribution in [1.82, 2.24) is 10.6 Å². The Balaban J connectivity index is 0.985. The van der Waals surface area contributed by atoms with E-state index in [9.17, 15) is 0 Å². The van der Waals surface area contributed by atoms with Crippen LogP contribution in [0.25, 0.3) is 0 Å². The highest BCUT2D eigenvalue weighted by atomic mass is 16.5. The summed E-state index contributed by atoms with van der Waals surface area (Å²) in [5, 5.41) is 7.37. The molecule has 2 N–H and O–H groups in total. The molecule has 4 aromatic carbocycles. The number of unbranched alkanes of at least 4 members (excludes halogenated alkanes) is 8. The van der Waals surface area contributed by atoms with Crippen molar-refractivity contribution in [2.75, 3.05) is 19.7 Å². The fraction of sp³-hybridized carbons (Fsp3) is 0.500. The molecule has 3 heteroatoms. The van der Waals surface area contributed by atoms with Gasteiger partial charge in [-0.2, -0.15) is 0 Å². The van der Waals surface area contributed by atoms with Crippen molar-refractivity contribution in [2.24, 2.45) is 0 Å². The van der Waals surface area contributed by atoms with Crippen molar-refractivity contribution in [3.8, 4) is 5.75 Å². The van der Waals surface area contributed by atoms with E-state index in [1.165, 1.54) is 84.7 Å². The maximum Gasteiger partial charge on any atom is 0.119 e. The molecular formula is C48H68N2O. The molecule has 0 saturated carbocycles. The SMILES string of the molecule is CC(C)(C)c1cc(CNCc2ccc(OCCCCCCCCCCCNCCC(c3ccccc3)c3ccccc3)cc2)cc(C(C)(C)C)c1. The molecule has 0 aliphatic carbocycles. The van der Waals surface area contributed by atoms with E-state index in [0.29, 0.717) is 5.92 Å². The van der Waals surface area contributed by atoms with E-state index in [4.69, 9.17) is 4.74 Å². The Bertz CT molecular complexity index is 1430. The third-order valence-electron chi connectivity index (χ3n) is 10.1. The monoisotopic (exact) mass is 689 g/mol. The lowest BCUT2D eigenvalue weighted by molar-refractivity contribution is 0.304. The third-order valence-corrected chi connectivity index (χ3v) is 10.1. The number of rotatable bonds is 22. The zero-order chi connectivity index (χ0) is 36.4. The van der Waals surface area contributed by atoms with E-state index in [2.05, 4.69) is 155 Å². The van der Waals surface area contributed by atoms with Crippen LogP contribution in [-0.2, 0) is 23.9 Å². The minimum Gasteiger partial charge on any atom is -0.494 e. The molecular weight excluding hydrogens is 621 g/mol. The molecule has 0 heterocycles. The molecule has 4 aromatic rings. The lowest BCUT2D eigenvalue weighted by Crippen LogP contribution is -2.19. The van der Waals surface area contributed by atoms with Gasteiger partial charge in [-0.3, -0.25) is 0 Å². The fourth-order valence-corrected chi connectivity index (χ4v) is 6.76. The van der Waals surface area contributed by atoms with Crippen molar-refractivity contribution < 1.29 is 4.74 Å². The predicted molar refractivity (Wildman–Crippen MR) is 220 cm³/mol. The number of hydrogen-bond donors (Lipinski definition) is 2. The summed E-state index contributed by atoms with van der Waals surface area (Å²) in [7, 11) is 0. The molecule has 4 rings (SSSR count). The molecule has 0 aliphatic rings. The van der Waals surface area contributed by atoms with Gasteiger partial charge >= 0.3 is 0 Å². The number of nitrogens with one attached hydrogen (secondary N) is 2. The van der Waals surface area contributed by atoms with Gasteiger partial charge in [-0.05, 0) is 88.7 Å². The minimum atomic E-state index is 0.141. The van der Waals surface area contributed by atoms with Crippen molar-refractivity contribution in [3.63, 3.8) is 0 Å². The number of ether oxygens (including phenoxy) is 1. The smallest absolute Gasteiger partial charge is 0.119 e. The Hall–Kier alpha value is -3.40. The molecule has 51 heavy (non-hydrogen) atoms. The van der Waals surface area contributed by atoms with Gasteiger partial charge in [0.1, 0.15) is 5.75 Å². The second-order valence-electron chi connectivity index (χ2n) is 16.6. The topological polar surface area (TPSA) is 33.3 Å². The molecule has 0 spiro atoms. The van der Waals surface area contributed by atoms with Gasteiger partial charge in [0.25, 0.3) is 0 Å². The zero-order valence-corrected chi connectivity index (χ0v) is 32.9. The first-order valence-corrected chi connectivity index (χ1v) is 20.0. The Morgan fingerprint density at radius 1 is 0.490 bits per heavy atom. The van der Waals surface area contributed by atoms with Gasteiger partial charge in [0, 0.05) is 19.0 Å². The highest BCUT2D eigenvalue weighted by Gasteiger charge is 2.20. The van der Waals surface area contributed by atoms with Crippen LogP contribution in [0.2, 0.25) is 0 Å². The zero-order valence-electron chi connectivity index (χ0n) is 32.9. The van der Waals surface area contributed by atoms with Crippen LogP contribution in [0.1, 0.15) is 145 Å². The molecule has 0 amide bonds. The first kappa shape index (κ1) is 40.4. The van der Waals surface area contributed by atoms with E-state index in [0.717, 1.165) is 51.4 Å². The van der Waals surface area contributed by atoms with Gasteiger partial charge in [0.05, 0.1) is 6.61 Å². The van der Waals surface area contributed by atoms with Crippen molar-refractivity contribution in [1.29, 1.82) is 0 Å². The summed E-state index contributed by atoms with van der Waals surface area (Å²) in [6, 6.07) is 37.7. The Morgan fingerprint density at radius 3 is 1.51 bits per heavy atom. The fourth-order valence-electron chi connectivity index (χ4n) is 6.76. The standard InChI is InChI=1S/C48H68N2O/c1-47(2,3)43-34-40(35-44(36-43)48(4,5)6)38-50-37-39-26-28-45(29-27-39)51-33-21-13-11-9-7-8-10-12-20-31-49-32-30-46(41-22-16-14-17-23-41)42-24-18-15-19-25-42/h14-19,22-29,34-36,46,49-50H,7-13,20-21,30-33,37-38H2,1-6H3. The van der Waals surface area contributed by atoms with E-state index in [1.807, 2.05) is 0 Å². The molecule has 0 bridgehead atoms. The van der Waals surface area contributed by atoms with E-state index < -0.39 is 0 Å². The Morgan fingerprint density at radius 2 is 0.980 bits per heavy atom. The third kappa shape index (κ3) is 15.0. The lowest BCUT2D eigenvalue weighted by atomic mass is 9.79. The quantitative estimate of drug-likeness (QED) is 0.0806. The molecule has 0 atom stereocenters. The van der Waals surface area contributed by atoms with Gasteiger partial charge in [0.15, 0.2) is 0 Å². The lowest BCUT2D eigenvalue weighted by Gasteiger charge is -2.26. The highest BCUT2D eigenvalue weighted by molar-refractivity contribution is 5.37. The molecule has 0 unspecified atom stereocenters. The summed E-state index contributed by atoms with van der Waals surface area (Å²) in [6.45, 7) is 18.5. The van der Waals surface area contributed by atoms with Crippen LogP contribution in [0.4, 0.5) is 0 Å². The minimum absolute atomic E-state index is 0.141. The molecule has 0 radical (unpaired) electrons. The average Bonchev–Trinajstić information content (AvgIpc) is 3.12. The van der Waals surface area contributed by atoms with E-state index in [-0.39, 0.29) is 10.8 Å². The molecule has 3 nitrogen and oxygen atoms in total. The summed E-state index contributed by atoms with van der Waals surface area (Å²) in [6.07, 6.45) is 12.9. The highest BCUT2D eigenvalue weighted by Crippen LogP contribution is 2.31. The largest absolute Gasteiger partial charge is 0.494 e. The van der Waals surface area contributed by atoms with Gasteiger partial charge in [0.2, 0.25) is 0 Å². The van der Waals surface area contributed by atoms with Crippen molar-refractivity contribution >= 4 is 0 Å². The maximum absolute atomic E-state index is 6.06. The van der Waals surface area contributed by atoms with Crippen LogP contribution >= 0.6 is 0 Å². The van der Waals surface area contributed by atoms with Gasteiger partial charge < -0.3 is 15.4 Å². The predicted octanol–water partition coefficient (Wildman–Crippen LogP) is 12.3. The summed E-state index contributed by atoms with van der Waals surface area (Å²) < 4.78 is 6.06. The molecule has 0 aliphatic heterocycles. The summed E-state index contributed by atoms with van der Waals surface area (Å²) in [5.41, 5.74) is 8.58.